The third-order valence-corrected chi connectivity index (χ3v) is 8.59. The van der Waals surface area contributed by atoms with Gasteiger partial charge in [-0.1, -0.05) is 58.0 Å². The fourth-order valence-corrected chi connectivity index (χ4v) is 6.35. The monoisotopic (exact) mass is 583 g/mol. The normalized spacial score (nSPS) is 24.3. The highest BCUT2D eigenvalue weighted by molar-refractivity contribution is 5.90. The Labute approximate surface area is 248 Å². The lowest BCUT2D eigenvalue weighted by atomic mass is 9.72. The van der Waals surface area contributed by atoms with Gasteiger partial charge in [0.05, 0.1) is 6.20 Å². The Morgan fingerprint density at radius 3 is 2.67 bits per heavy atom. The number of carbonyl (C=O) groups is 2. The number of aliphatic hydroxyl groups is 1. The van der Waals surface area contributed by atoms with Gasteiger partial charge < -0.3 is 34.6 Å². The topological polar surface area (TPSA) is 152 Å². The van der Waals surface area contributed by atoms with Crippen molar-refractivity contribution in [2.75, 3.05) is 5.32 Å². The number of carbonyl (C=O) groups excluding carboxylic acids is 2. The first-order valence-corrected chi connectivity index (χ1v) is 14.5. The van der Waals surface area contributed by atoms with Crippen LogP contribution in [0.5, 0.6) is 5.75 Å². The van der Waals surface area contributed by atoms with Crippen molar-refractivity contribution in [3.63, 3.8) is 0 Å². The molecular formula is C32H33N5O6. The van der Waals surface area contributed by atoms with Gasteiger partial charge in [-0.15, -0.1) is 0 Å². The Hall–Kier alpha value is -4.64. The number of amides is 2. The third kappa shape index (κ3) is 4.13. The van der Waals surface area contributed by atoms with Gasteiger partial charge in [-0.3, -0.25) is 9.59 Å². The lowest BCUT2D eigenvalue weighted by molar-refractivity contribution is -0.135. The van der Waals surface area contributed by atoms with Crippen LogP contribution >= 0.6 is 0 Å². The molecule has 1 unspecified atom stereocenters. The number of nitrogens with zero attached hydrogens (tertiary/aromatic N) is 2. The van der Waals surface area contributed by atoms with Crippen molar-refractivity contribution < 1.29 is 28.3 Å². The molecular weight excluding hydrogens is 550 g/mol. The first-order chi connectivity index (χ1) is 20.7. The highest BCUT2D eigenvalue weighted by Gasteiger charge is 2.61. The molecule has 43 heavy (non-hydrogen) atoms. The molecule has 7 rings (SSSR count). The number of anilines is 1. The van der Waals surface area contributed by atoms with Crippen LogP contribution in [-0.4, -0.2) is 45.3 Å². The van der Waals surface area contributed by atoms with Gasteiger partial charge in [0.25, 0.3) is 0 Å². The molecule has 0 saturated heterocycles. The maximum atomic E-state index is 13.8. The fourth-order valence-electron chi connectivity index (χ4n) is 6.35. The predicted octanol–water partition coefficient (Wildman–Crippen LogP) is 3.68. The SMILES string of the molecule is CC(C)[C@H](O)C(=O)N[C@H]1Cc2ccc3c(c2)[C@@]2(c4ccccc4NC2O3)c2oc(nc2-c2ncco2)[C@H](C(C)C)NC1=O. The summed E-state index contributed by atoms with van der Waals surface area (Å²) in [4.78, 5) is 36.1. The van der Waals surface area contributed by atoms with Crippen LogP contribution in [0.4, 0.5) is 5.69 Å². The van der Waals surface area contributed by atoms with E-state index in [-0.39, 0.29) is 30.0 Å². The molecule has 4 bridgehead atoms. The average Bonchev–Trinajstić information content (AvgIpc) is 3.76. The predicted molar refractivity (Wildman–Crippen MR) is 155 cm³/mol. The van der Waals surface area contributed by atoms with Gasteiger partial charge in [-0.25, -0.2) is 9.97 Å². The number of oxazole rings is 2. The molecule has 0 radical (unpaired) electrons. The van der Waals surface area contributed by atoms with Crippen molar-refractivity contribution in [2.45, 2.75) is 63.9 Å². The largest absolute Gasteiger partial charge is 0.469 e. The van der Waals surface area contributed by atoms with Gasteiger partial charge in [0, 0.05) is 17.7 Å². The lowest BCUT2D eigenvalue weighted by Gasteiger charge is -2.29. The molecule has 0 fully saturated rings. The van der Waals surface area contributed by atoms with E-state index in [0.717, 1.165) is 22.4 Å². The number of benzene rings is 2. The molecule has 11 nitrogen and oxygen atoms in total. The standard InChI is InChI=1S/C32H33N5O6/c1-15(2)23-30-37-24(29-33-11-12-41-29)26(43-30)32-18-7-5-6-8-20(18)35-31(32)42-22-10-9-17(13-19(22)32)14-21(27(39)36-23)34-28(40)25(38)16(3)4/h5-13,15-16,21,23,25,31,35,38H,14H2,1-4H3,(H,34,40)(H,36,39)/t21-,23-,25-,31?,32-/m0/s1. The number of hydrogen-bond donors (Lipinski definition) is 4. The molecule has 5 heterocycles. The van der Waals surface area contributed by atoms with Crippen LogP contribution in [0.2, 0.25) is 0 Å². The quantitative estimate of drug-likeness (QED) is 0.276. The smallest absolute Gasteiger partial charge is 0.249 e. The first-order valence-electron chi connectivity index (χ1n) is 14.5. The Bertz CT molecular complexity index is 1710. The molecule has 222 valence electrons. The van der Waals surface area contributed by atoms with Gasteiger partial charge >= 0.3 is 0 Å². The van der Waals surface area contributed by atoms with E-state index in [4.69, 9.17) is 18.6 Å². The number of fused-ring (bicyclic) bond motifs is 4. The summed E-state index contributed by atoms with van der Waals surface area (Å²) in [5.74, 6) is 0.231. The molecule has 4 N–H and O–H groups in total. The van der Waals surface area contributed by atoms with Crippen LogP contribution in [0.3, 0.4) is 0 Å². The molecule has 1 spiro atoms. The number of hydrogen-bond acceptors (Lipinski definition) is 9. The summed E-state index contributed by atoms with van der Waals surface area (Å²) in [5, 5.41) is 19.8. The minimum atomic E-state index is -1.26. The van der Waals surface area contributed by atoms with Crippen molar-refractivity contribution in [3.8, 4) is 17.3 Å². The molecule has 11 heteroatoms. The molecule has 2 aromatic heterocycles. The van der Waals surface area contributed by atoms with Gasteiger partial charge in [-0.05, 0) is 35.1 Å². The second-order valence-corrected chi connectivity index (χ2v) is 12.1. The van der Waals surface area contributed by atoms with E-state index >= 15 is 0 Å². The highest BCUT2D eigenvalue weighted by atomic mass is 16.5. The van der Waals surface area contributed by atoms with Crippen molar-refractivity contribution in [2.24, 2.45) is 11.8 Å². The summed E-state index contributed by atoms with van der Waals surface area (Å²) < 4.78 is 19.0. The number of aromatic nitrogens is 2. The van der Waals surface area contributed by atoms with Crippen molar-refractivity contribution in [1.82, 2.24) is 20.6 Å². The third-order valence-electron chi connectivity index (χ3n) is 8.59. The van der Waals surface area contributed by atoms with E-state index in [1.807, 2.05) is 56.3 Å². The summed E-state index contributed by atoms with van der Waals surface area (Å²) in [6, 6.07) is 12.1. The average molecular weight is 584 g/mol. The summed E-state index contributed by atoms with van der Waals surface area (Å²) >= 11 is 0. The summed E-state index contributed by atoms with van der Waals surface area (Å²) in [6.07, 6.45) is 1.41. The minimum absolute atomic E-state index is 0.135. The number of aliphatic hydroxyl groups excluding tert-OH is 1. The Morgan fingerprint density at radius 1 is 1.12 bits per heavy atom. The van der Waals surface area contributed by atoms with E-state index in [0.29, 0.717) is 17.2 Å². The minimum Gasteiger partial charge on any atom is -0.469 e. The number of ether oxygens (including phenoxy) is 1. The van der Waals surface area contributed by atoms with Gasteiger partial charge in [-0.2, -0.15) is 0 Å². The number of para-hydroxylation sites is 1. The van der Waals surface area contributed by atoms with Gasteiger partial charge in [0.1, 0.15) is 35.6 Å². The van der Waals surface area contributed by atoms with Crippen LogP contribution in [0, 0.1) is 11.8 Å². The van der Waals surface area contributed by atoms with Crippen molar-refractivity contribution >= 4 is 17.5 Å². The zero-order chi connectivity index (χ0) is 30.0. The van der Waals surface area contributed by atoms with Crippen molar-refractivity contribution in [3.05, 3.63) is 83.3 Å². The molecule has 5 atom stereocenters. The maximum Gasteiger partial charge on any atom is 0.249 e. The van der Waals surface area contributed by atoms with Crippen LogP contribution in [0.15, 0.2) is 63.8 Å². The fraction of sp³-hybridized carbons (Fsp3) is 0.375. The highest BCUT2D eigenvalue weighted by Crippen LogP contribution is 2.59. The molecule has 2 aromatic carbocycles. The van der Waals surface area contributed by atoms with E-state index in [1.165, 1.54) is 6.26 Å². The van der Waals surface area contributed by atoms with E-state index in [1.54, 1.807) is 20.0 Å². The van der Waals surface area contributed by atoms with Crippen LogP contribution in [0.25, 0.3) is 11.6 Å². The second-order valence-electron chi connectivity index (χ2n) is 12.1. The molecule has 4 aromatic rings. The summed E-state index contributed by atoms with van der Waals surface area (Å²) in [7, 11) is 0. The Kier molecular flexibility index (Phi) is 6.31. The number of rotatable bonds is 5. The zero-order valence-electron chi connectivity index (χ0n) is 24.3. The first kappa shape index (κ1) is 27.2. The Balaban J connectivity index is 1.47. The summed E-state index contributed by atoms with van der Waals surface area (Å²) in [6.45, 7) is 7.40. The van der Waals surface area contributed by atoms with Crippen LogP contribution in [0.1, 0.15) is 62.1 Å². The zero-order valence-corrected chi connectivity index (χ0v) is 24.3. The van der Waals surface area contributed by atoms with Gasteiger partial charge in [0.2, 0.25) is 23.6 Å². The van der Waals surface area contributed by atoms with E-state index in [9.17, 15) is 14.7 Å². The number of nitrogens with one attached hydrogen (secondary N) is 3. The lowest BCUT2D eigenvalue weighted by Crippen LogP contribution is -2.52. The molecule has 0 saturated carbocycles. The molecule has 0 aliphatic carbocycles. The van der Waals surface area contributed by atoms with E-state index < -0.39 is 41.6 Å². The second kappa shape index (κ2) is 9.98. The van der Waals surface area contributed by atoms with Crippen molar-refractivity contribution in [1.29, 1.82) is 0 Å². The molecule has 3 aliphatic heterocycles. The van der Waals surface area contributed by atoms with Crippen LogP contribution in [-0.2, 0) is 21.4 Å². The van der Waals surface area contributed by atoms with Gasteiger partial charge in [0.15, 0.2) is 17.7 Å². The Morgan fingerprint density at radius 2 is 1.93 bits per heavy atom. The molecule has 2 amide bonds. The van der Waals surface area contributed by atoms with E-state index in [2.05, 4.69) is 20.9 Å². The van der Waals surface area contributed by atoms with Crippen LogP contribution < -0.4 is 20.7 Å². The summed E-state index contributed by atoms with van der Waals surface area (Å²) in [5.41, 5.74) is 2.91. The maximum absolute atomic E-state index is 13.8. The molecule has 3 aliphatic rings.